The first-order chi connectivity index (χ1) is 9.04. The van der Waals surface area contributed by atoms with Crippen molar-refractivity contribution in [2.75, 3.05) is 12.8 Å². The summed E-state index contributed by atoms with van der Waals surface area (Å²) in [4.78, 5) is 0. The molecular formula is C14H13ClFNO2. The molecule has 2 aromatic rings. The number of nitrogens with two attached hydrogens (primary N) is 1. The summed E-state index contributed by atoms with van der Waals surface area (Å²) < 4.78 is 19.0. The number of benzene rings is 2. The Morgan fingerprint density at radius 1 is 1.26 bits per heavy atom. The summed E-state index contributed by atoms with van der Waals surface area (Å²) in [6.45, 7) is 0. The number of hydrogen-bond acceptors (Lipinski definition) is 3. The summed E-state index contributed by atoms with van der Waals surface area (Å²) in [6, 6.07) is 9.24. The zero-order valence-electron chi connectivity index (χ0n) is 10.2. The van der Waals surface area contributed by atoms with E-state index in [4.69, 9.17) is 22.1 Å². The molecule has 0 aliphatic rings. The second-order valence-corrected chi connectivity index (χ2v) is 4.48. The van der Waals surface area contributed by atoms with Gasteiger partial charge in [-0.25, -0.2) is 4.39 Å². The lowest BCUT2D eigenvalue weighted by Crippen LogP contribution is -2.06. The molecule has 100 valence electrons. The van der Waals surface area contributed by atoms with Crippen LogP contribution in [0.5, 0.6) is 5.75 Å². The van der Waals surface area contributed by atoms with Crippen molar-refractivity contribution in [2.24, 2.45) is 0 Å². The summed E-state index contributed by atoms with van der Waals surface area (Å²) >= 11 is 5.86. The molecule has 0 amide bonds. The Labute approximate surface area is 115 Å². The van der Waals surface area contributed by atoms with Gasteiger partial charge in [0.05, 0.1) is 7.11 Å². The van der Waals surface area contributed by atoms with Gasteiger partial charge < -0.3 is 15.6 Å². The molecule has 0 aliphatic heterocycles. The van der Waals surface area contributed by atoms with Crippen molar-refractivity contribution in [1.29, 1.82) is 0 Å². The van der Waals surface area contributed by atoms with Crippen LogP contribution in [-0.4, -0.2) is 12.2 Å². The van der Waals surface area contributed by atoms with Crippen LogP contribution in [0.1, 0.15) is 17.2 Å². The van der Waals surface area contributed by atoms with Gasteiger partial charge in [0.2, 0.25) is 0 Å². The highest BCUT2D eigenvalue weighted by molar-refractivity contribution is 6.30. The average molecular weight is 282 g/mol. The molecule has 0 bridgehead atoms. The highest BCUT2D eigenvalue weighted by Gasteiger charge is 2.20. The van der Waals surface area contributed by atoms with Gasteiger partial charge >= 0.3 is 0 Å². The molecule has 2 aromatic carbocycles. The predicted molar refractivity (Wildman–Crippen MR) is 72.9 cm³/mol. The van der Waals surface area contributed by atoms with Crippen molar-refractivity contribution in [3.8, 4) is 5.75 Å². The molecule has 0 saturated carbocycles. The van der Waals surface area contributed by atoms with Gasteiger partial charge in [0.15, 0.2) is 11.6 Å². The minimum atomic E-state index is -1.20. The van der Waals surface area contributed by atoms with E-state index in [9.17, 15) is 9.50 Å². The van der Waals surface area contributed by atoms with E-state index < -0.39 is 11.9 Å². The molecule has 3 N–H and O–H groups in total. The van der Waals surface area contributed by atoms with Crippen molar-refractivity contribution >= 4 is 17.3 Å². The molecule has 0 saturated heterocycles. The zero-order chi connectivity index (χ0) is 14.0. The number of methoxy groups -OCH3 is 1. The Bertz CT molecular complexity index is 604. The molecule has 2 rings (SSSR count). The van der Waals surface area contributed by atoms with Crippen molar-refractivity contribution in [2.45, 2.75) is 6.10 Å². The van der Waals surface area contributed by atoms with Crippen LogP contribution in [0.4, 0.5) is 10.1 Å². The maximum Gasteiger partial charge on any atom is 0.171 e. The molecule has 0 unspecified atom stereocenters. The first-order valence-corrected chi connectivity index (χ1v) is 5.97. The van der Waals surface area contributed by atoms with Crippen molar-refractivity contribution < 1.29 is 14.2 Å². The monoisotopic (exact) mass is 281 g/mol. The van der Waals surface area contributed by atoms with Crippen LogP contribution < -0.4 is 10.5 Å². The fourth-order valence-electron chi connectivity index (χ4n) is 1.85. The fourth-order valence-corrected chi connectivity index (χ4v) is 2.03. The molecule has 19 heavy (non-hydrogen) atoms. The number of rotatable bonds is 3. The van der Waals surface area contributed by atoms with Gasteiger partial charge in [-0.15, -0.1) is 0 Å². The molecule has 5 heteroatoms. The number of aliphatic hydroxyl groups excluding tert-OH is 1. The number of anilines is 1. The molecule has 0 radical (unpaired) electrons. The summed E-state index contributed by atoms with van der Waals surface area (Å²) in [6.07, 6.45) is -1.20. The third kappa shape index (κ3) is 2.64. The standard InChI is InChI=1S/C14H13ClFNO2/c1-19-12-4-2-3-9(13(12)16)14(18)10-7-8(15)5-6-11(10)17/h2-7,14,18H,17H2,1H3/t14-/m0/s1. The van der Waals surface area contributed by atoms with Crippen molar-refractivity contribution in [1.82, 2.24) is 0 Å². The lowest BCUT2D eigenvalue weighted by molar-refractivity contribution is 0.214. The maximum absolute atomic E-state index is 14.1. The van der Waals surface area contributed by atoms with E-state index in [1.54, 1.807) is 18.2 Å². The minimum absolute atomic E-state index is 0.0668. The summed E-state index contributed by atoms with van der Waals surface area (Å²) in [5, 5.41) is 10.7. The first-order valence-electron chi connectivity index (χ1n) is 5.60. The Balaban J connectivity index is 2.50. The van der Waals surface area contributed by atoms with Crippen molar-refractivity contribution in [3.05, 3.63) is 58.4 Å². The van der Waals surface area contributed by atoms with Crippen LogP contribution in [0.25, 0.3) is 0 Å². The second-order valence-electron chi connectivity index (χ2n) is 4.04. The quantitative estimate of drug-likeness (QED) is 0.850. The Hall–Kier alpha value is -1.78. The number of nitrogen functional groups attached to an aromatic ring is 1. The van der Waals surface area contributed by atoms with Gasteiger partial charge in [0.1, 0.15) is 6.10 Å². The SMILES string of the molecule is COc1cccc([C@H](O)c2cc(Cl)ccc2N)c1F. The molecule has 1 atom stereocenters. The second kappa shape index (κ2) is 5.47. The molecule has 3 nitrogen and oxygen atoms in total. The topological polar surface area (TPSA) is 55.5 Å². The lowest BCUT2D eigenvalue weighted by atomic mass is 9.99. The summed E-state index contributed by atoms with van der Waals surface area (Å²) in [5.74, 6) is -0.547. The molecule has 0 aliphatic carbocycles. The minimum Gasteiger partial charge on any atom is -0.494 e. The first kappa shape index (κ1) is 13.6. The zero-order valence-corrected chi connectivity index (χ0v) is 11.0. The third-order valence-corrected chi connectivity index (χ3v) is 3.09. The van der Waals surface area contributed by atoms with Crippen LogP contribution in [0.15, 0.2) is 36.4 Å². The van der Waals surface area contributed by atoms with Crippen LogP contribution >= 0.6 is 11.6 Å². The number of hydrogen-bond donors (Lipinski definition) is 2. The summed E-state index contributed by atoms with van der Waals surface area (Å²) in [7, 11) is 1.36. The average Bonchev–Trinajstić information content (AvgIpc) is 2.41. The van der Waals surface area contributed by atoms with Gasteiger partial charge in [-0.1, -0.05) is 23.7 Å². The van der Waals surface area contributed by atoms with E-state index in [1.165, 1.54) is 25.3 Å². The Morgan fingerprint density at radius 3 is 2.68 bits per heavy atom. The number of ether oxygens (including phenoxy) is 1. The van der Waals surface area contributed by atoms with Gasteiger partial charge in [-0.05, 0) is 24.3 Å². The van der Waals surface area contributed by atoms with E-state index in [1.807, 2.05) is 0 Å². The lowest BCUT2D eigenvalue weighted by Gasteiger charge is -2.16. The van der Waals surface area contributed by atoms with Crippen LogP contribution in [-0.2, 0) is 0 Å². The molecule has 0 spiro atoms. The number of halogens is 2. The van der Waals surface area contributed by atoms with Crippen LogP contribution in [0.2, 0.25) is 5.02 Å². The fraction of sp³-hybridized carbons (Fsp3) is 0.143. The Morgan fingerprint density at radius 2 is 2.00 bits per heavy atom. The van der Waals surface area contributed by atoms with E-state index in [0.717, 1.165) is 0 Å². The van der Waals surface area contributed by atoms with E-state index in [-0.39, 0.29) is 11.3 Å². The molecular weight excluding hydrogens is 269 g/mol. The maximum atomic E-state index is 14.1. The predicted octanol–water partition coefficient (Wildman–Crippen LogP) is 3.15. The van der Waals surface area contributed by atoms with Gasteiger partial charge in [-0.3, -0.25) is 0 Å². The van der Waals surface area contributed by atoms with Gasteiger partial charge in [0, 0.05) is 21.8 Å². The van der Waals surface area contributed by atoms with E-state index >= 15 is 0 Å². The highest BCUT2D eigenvalue weighted by atomic mass is 35.5. The van der Waals surface area contributed by atoms with E-state index in [0.29, 0.717) is 16.3 Å². The largest absolute Gasteiger partial charge is 0.494 e. The third-order valence-electron chi connectivity index (χ3n) is 2.85. The molecule has 0 aromatic heterocycles. The van der Waals surface area contributed by atoms with Crippen molar-refractivity contribution in [3.63, 3.8) is 0 Å². The summed E-state index contributed by atoms with van der Waals surface area (Å²) in [5.41, 5.74) is 6.57. The van der Waals surface area contributed by atoms with Crippen LogP contribution in [0.3, 0.4) is 0 Å². The smallest absolute Gasteiger partial charge is 0.171 e. The van der Waals surface area contributed by atoms with Gasteiger partial charge in [0.25, 0.3) is 0 Å². The Kier molecular flexibility index (Phi) is 3.93. The normalized spacial score (nSPS) is 12.2. The number of aliphatic hydroxyl groups is 1. The highest BCUT2D eigenvalue weighted by Crippen LogP contribution is 2.33. The molecule has 0 fully saturated rings. The van der Waals surface area contributed by atoms with E-state index in [2.05, 4.69) is 0 Å². The van der Waals surface area contributed by atoms with Gasteiger partial charge in [-0.2, -0.15) is 0 Å². The molecule has 0 heterocycles. The van der Waals surface area contributed by atoms with Crippen LogP contribution in [0, 0.1) is 5.82 Å².